The Morgan fingerprint density at radius 2 is 1.57 bits per heavy atom. The third-order valence-electron chi connectivity index (χ3n) is 6.79. The van der Waals surface area contributed by atoms with Gasteiger partial charge in [0, 0.05) is 35.3 Å². The predicted octanol–water partition coefficient (Wildman–Crippen LogP) is 5.38. The minimum atomic E-state index is 0.128. The van der Waals surface area contributed by atoms with Crippen LogP contribution in [-0.2, 0) is 11.3 Å². The fourth-order valence-electron chi connectivity index (χ4n) is 5.46. The van der Waals surface area contributed by atoms with E-state index in [0.29, 0.717) is 12.6 Å². The van der Waals surface area contributed by atoms with Gasteiger partial charge in [0.25, 0.3) is 5.91 Å². The van der Waals surface area contributed by atoms with Gasteiger partial charge in [-0.25, -0.2) is 0 Å². The molecule has 0 aliphatic carbocycles. The normalized spacial score (nSPS) is 21.9. The van der Waals surface area contributed by atoms with E-state index in [9.17, 15) is 4.79 Å². The summed E-state index contributed by atoms with van der Waals surface area (Å²) in [4.78, 5) is 18.2. The minimum absolute atomic E-state index is 0.128. The van der Waals surface area contributed by atoms with Crippen LogP contribution in [0.4, 0.5) is 11.4 Å². The molecule has 0 radical (unpaired) electrons. The third-order valence-corrected chi connectivity index (χ3v) is 6.79. The Bertz CT molecular complexity index is 1140. The van der Waals surface area contributed by atoms with Crippen LogP contribution in [-0.4, -0.2) is 18.5 Å². The van der Waals surface area contributed by atoms with Crippen molar-refractivity contribution in [2.24, 2.45) is 0 Å². The first-order valence-electron chi connectivity index (χ1n) is 10.8. The van der Waals surface area contributed by atoms with Crippen molar-refractivity contribution in [3.05, 3.63) is 102 Å². The summed E-state index contributed by atoms with van der Waals surface area (Å²) < 4.78 is 0. The molecule has 148 valence electrons. The average Bonchev–Trinajstić information content (AvgIpc) is 3.33. The second kappa shape index (κ2) is 6.88. The molecule has 3 heteroatoms. The lowest BCUT2D eigenvalue weighted by Crippen LogP contribution is -2.33. The molecule has 0 saturated carbocycles. The maximum atomic E-state index is 13.7. The van der Waals surface area contributed by atoms with Crippen LogP contribution in [0.1, 0.15) is 35.4 Å². The Kier molecular flexibility index (Phi) is 4.02. The van der Waals surface area contributed by atoms with Gasteiger partial charge in [0.1, 0.15) is 0 Å². The zero-order valence-corrected chi connectivity index (χ0v) is 16.9. The number of hydrogen-bond donors (Lipinski definition) is 0. The maximum Gasteiger partial charge on any atom is 0.259 e. The van der Waals surface area contributed by atoms with Crippen molar-refractivity contribution in [1.82, 2.24) is 0 Å². The highest BCUT2D eigenvalue weighted by molar-refractivity contribution is 6.34. The smallest absolute Gasteiger partial charge is 0.259 e. The third kappa shape index (κ3) is 2.62. The molecule has 0 bridgehead atoms. The van der Waals surface area contributed by atoms with Crippen LogP contribution in [0, 0.1) is 0 Å². The van der Waals surface area contributed by atoms with Gasteiger partial charge < -0.3 is 9.80 Å². The quantitative estimate of drug-likeness (QED) is 0.597. The number of fused-ring (bicyclic) bond motifs is 2. The summed E-state index contributed by atoms with van der Waals surface area (Å²) in [6.07, 6.45) is 4.62. The van der Waals surface area contributed by atoms with Gasteiger partial charge in [-0.15, -0.1) is 0 Å². The van der Waals surface area contributed by atoms with Crippen molar-refractivity contribution in [2.75, 3.05) is 16.3 Å². The predicted molar refractivity (Wildman–Crippen MR) is 122 cm³/mol. The SMILES string of the molecule is O=C1C2=CC(c3ccccc3)C3CCCN3c3cccc(c32)N1Cc1ccccc1. The first kappa shape index (κ1) is 17.5. The van der Waals surface area contributed by atoms with Gasteiger partial charge in [0.05, 0.1) is 12.2 Å². The lowest BCUT2D eigenvalue weighted by atomic mass is 9.88. The largest absolute Gasteiger partial charge is 0.367 e. The van der Waals surface area contributed by atoms with E-state index in [-0.39, 0.29) is 11.8 Å². The number of hydrogen-bond acceptors (Lipinski definition) is 2. The molecule has 2 unspecified atom stereocenters. The number of carbonyl (C=O) groups is 1. The van der Waals surface area contributed by atoms with Crippen molar-refractivity contribution in [1.29, 1.82) is 0 Å². The molecule has 3 aromatic rings. The van der Waals surface area contributed by atoms with Gasteiger partial charge in [-0.3, -0.25) is 4.79 Å². The van der Waals surface area contributed by atoms with Crippen molar-refractivity contribution in [3.8, 4) is 0 Å². The molecule has 2 atom stereocenters. The summed E-state index contributed by atoms with van der Waals surface area (Å²) in [5, 5.41) is 0. The maximum absolute atomic E-state index is 13.7. The van der Waals surface area contributed by atoms with E-state index in [2.05, 4.69) is 71.6 Å². The van der Waals surface area contributed by atoms with Crippen molar-refractivity contribution in [2.45, 2.75) is 31.3 Å². The molecule has 0 spiro atoms. The van der Waals surface area contributed by atoms with Gasteiger partial charge in [-0.05, 0) is 36.1 Å². The van der Waals surface area contributed by atoms with Gasteiger partial charge >= 0.3 is 0 Å². The van der Waals surface area contributed by atoms with Crippen LogP contribution in [0.25, 0.3) is 5.57 Å². The molecular weight excluding hydrogens is 368 g/mol. The number of nitrogens with zero attached hydrogens (tertiary/aromatic N) is 2. The summed E-state index contributed by atoms with van der Waals surface area (Å²) in [6.45, 7) is 1.66. The summed E-state index contributed by atoms with van der Waals surface area (Å²) in [7, 11) is 0. The van der Waals surface area contributed by atoms with Crippen molar-refractivity contribution in [3.63, 3.8) is 0 Å². The highest BCUT2D eigenvalue weighted by Crippen LogP contribution is 2.50. The lowest BCUT2D eigenvalue weighted by molar-refractivity contribution is -0.113. The van der Waals surface area contributed by atoms with Crippen LogP contribution >= 0.6 is 0 Å². The molecule has 0 aromatic heterocycles. The van der Waals surface area contributed by atoms with E-state index in [1.807, 2.05) is 23.1 Å². The molecular formula is C27H24N2O. The Hall–Kier alpha value is -3.33. The van der Waals surface area contributed by atoms with E-state index >= 15 is 0 Å². The van der Waals surface area contributed by atoms with Crippen molar-refractivity contribution < 1.29 is 4.79 Å². The molecule has 3 aliphatic heterocycles. The molecule has 3 aromatic carbocycles. The Morgan fingerprint density at radius 1 is 0.833 bits per heavy atom. The fourth-order valence-corrected chi connectivity index (χ4v) is 5.46. The van der Waals surface area contributed by atoms with Crippen LogP contribution in [0.3, 0.4) is 0 Å². The van der Waals surface area contributed by atoms with Crippen LogP contribution in [0.5, 0.6) is 0 Å². The molecule has 1 fully saturated rings. The Labute approximate surface area is 177 Å². The highest BCUT2D eigenvalue weighted by atomic mass is 16.2. The monoisotopic (exact) mass is 392 g/mol. The van der Waals surface area contributed by atoms with Crippen LogP contribution in [0.2, 0.25) is 0 Å². The van der Waals surface area contributed by atoms with Crippen LogP contribution < -0.4 is 9.80 Å². The average molecular weight is 393 g/mol. The molecule has 1 saturated heterocycles. The molecule has 3 aliphatic rings. The summed E-state index contributed by atoms with van der Waals surface area (Å²) in [5.74, 6) is 0.355. The van der Waals surface area contributed by atoms with E-state index < -0.39 is 0 Å². The van der Waals surface area contributed by atoms with E-state index in [4.69, 9.17) is 0 Å². The number of benzene rings is 3. The standard InChI is InChI=1S/C27H24N2O/c30-27-22-17-21(20-11-5-2-6-12-20)23-15-8-16-28(23)24-13-7-14-25(26(22)24)29(27)18-19-9-3-1-4-10-19/h1-7,9-14,17,21,23H,8,15-16,18H2. The Morgan fingerprint density at radius 3 is 2.37 bits per heavy atom. The van der Waals surface area contributed by atoms with E-state index in [0.717, 1.165) is 35.4 Å². The zero-order valence-electron chi connectivity index (χ0n) is 16.9. The summed E-state index contributed by atoms with van der Waals surface area (Å²) in [5.41, 5.74) is 6.73. The van der Waals surface area contributed by atoms with Gasteiger partial charge in [-0.1, -0.05) is 72.8 Å². The molecule has 1 amide bonds. The second-order valence-electron chi connectivity index (χ2n) is 8.47. The molecule has 3 heterocycles. The van der Waals surface area contributed by atoms with E-state index in [1.54, 1.807) is 0 Å². The number of anilines is 2. The highest BCUT2D eigenvalue weighted by Gasteiger charge is 2.42. The minimum Gasteiger partial charge on any atom is -0.367 e. The second-order valence-corrected chi connectivity index (χ2v) is 8.47. The Balaban J connectivity index is 1.51. The van der Waals surface area contributed by atoms with Crippen molar-refractivity contribution >= 4 is 22.9 Å². The lowest BCUT2D eigenvalue weighted by Gasteiger charge is -2.32. The number of amides is 1. The van der Waals surface area contributed by atoms with Gasteiger partial charge in [0.2, 0.25) is 0 Å². The van der Waals surface area contributed by atoms with E-state index in [1.165, 1.54) is 17.7 Å². The fraction of sp³-hybridized carbons (Fsp3) is 0.222. The topological polar surface area (TPSA) is 23.6 Å². The van der Waals surface area contributed by atoms with Gasteiger partial charge in [0.15, 0.2) is 0 Å². The first-order chi connectivity index (χ1) is 14.8. The first-order valence-corrected chi connectivity index (χ1v) is 10.8. The molecule has 30 heavy (non-hydrogen) atoms. The molecule has 6 rings (SSSR count). The summed E-state index contributed by atoms with van der Waals surface area (Å²) >= 11 is 0. The summed E-state index contributed by atoms with van der Waals surface area (Å²) in [6, 6.07) is 27.8. The number of rotatable bonds is 3. The van der Waals surface area contributed by atoms with Crippen LogP contribution in [0.15, 0.2) is 84.9 Å². The molecule has 0 N–H and O–H groups in total. The molecule has 3 nitrogen and oxygen atoms in total. The van der Waals surface area contributed by atoms with Gasteiger partial charge in [-0.2, -0.15) is 0 Å². The zero-order chi connectivity index (χ0) is 20.1. The number of carbonyl (C=O) groups excluding carboxylic acids is 1.